The largest absolute Gasteiger partial charge is 0.377 e. The highest BCUT2D eigenvalue weighted by Gasteiger charge is 2.26. The zero-order valence-corrected chi connectivity index (χ0v) is 12.6. The number of anilines is 1. The molecule has 120 valence electrons. The first-order chi connectivity index (χ1) is 10.7. The molecule has 0 radical (unpaired) electrons. The van der Waals surface area contributed by atoms with E-state index in [1.165, 1.54) is 31.5 Å². The van der Waals surface area contributed by atoms with E-state index in [9.17, 15) is 10.1 Å². The lowest BCUT2D eigenvalue weighted by molar-refractivity contribution is -0.385. The second-order valence-electron chi connectivity index (χ2n) is 6.04. The van der Waals surface area contributed by atoms with Crippen molar-refractivity contribution in [3.63, 3.8) is 0 Å². The fourth-order valence-electron chi connectivity index (χ4n) is 3.14. The molecule has 2 aliphatic rings. The Labute approximate surface area is 129 Å². The summed E-state index contributed by atoms with van der Waals surface area (Å²) < 4.78 is 5.79. The second kappa shape index (κ2) is 7.02. The molecule has 0 bridgehead atoms. The highest BCUT2D eigenvalue weighted by molar-refractivity contribution is 5.41. The SMILES string of the molecule is O=[N+]([O-])c1ccc(N[C@H]2CCN(C[C@H]3CCCCO3)C2)nc1. The molecule has 0 aromatic carbocycles. The number of nitrogens with one attached hydrogen (secondary N) is 1. The monoisotopic (exact) mass is 306 g/mol. The van der Waals surface area contributed by atoms with Crippen molar-refractivity contribution < 1.29 is 9.66 Å². The van der Waals surface area contributed by atoms with Gasteiger partial charge in [-0.2, -0.15) is 0 Å². The predicted octanol–water partition coefficient (Wildman–Crippen LogP) is 2.05. The van der Waals surface area contributed by atoms with E-state index in [4.69, 9.17) is 4.74 Å². The molecular formula is C15H22N4O3. The van der Waals surface area contributed by atoms with E-state index in [1.807, 2.05) is 0 Å². The van der Waals surface area contributed by atoms with Gasteiger partial charge in [-0.1, -0.05) is 0 Å². The molecule has 2 fully saturated rings. The summed E-state index contributed by atoms with van der Waals surface area (Å²) >= 11 is 0. The van der Waals surface area contributed by atoms with Gasteiger partial charge in [-0.05, 0) is 31.7 Å². The van der Waals surface area contributed by atoms with Crippen LogP contribution in [0.25, 0.3) is 0 Å². The van der Waals surface area contributed by atoms with E-state index < -0.39 is 4.92 Å². The van der Waals surface area contributed by atoms with Crippen LogP contribution in [0.3, 0.4) is 0 Å². The molecule has 0 unspecified atom stereocenters. The molecule has 0 aliphatic carbocycles. The Morgan fingerprint density at radius 3 is 3.00 bits per heavy atom. The zero-order valence-electron chi connectivity index (χ0n) is 12.6. The molecule has 1 N–H and O–H groups in total. The van der Waals surface area contributed by atoms with Gasteiger partial charge >= 0.3 is 0 Å². The number of hydrogen-bond acceptors (Lipinski definition) is 6. The Morgan fingerprint density at radius 1 is 1.41 bits per heavy atom. The molecule has 7 nitrogen and oxygen atoms in total. The number of hydrogen-bond donors (Lipinski definition) is 1. The Morgan fingerprint density at radius 2 is 2.32 bits per heavy atom. The van der Waals surface area contributed by atoms with Crippen LogP contribution in [-0.2, 0) is 4.74 Å². The van der Waals surface area contributed by atoms with Crippen molar-refractivity contribution in [3.8, 4) is 0 Å². The van der Waals surface area contributed by atoms with E-state index in [2.05, 4.69) is 15.2 Å². The maximum Gasteiger partial charge on any atom is 0.287 e. The minimum atomic E-state index is -0.432. The number of rotatable bonds is 5. The maximum atomic E-state index is 10.6. The van der Waals surface area contributed by atoms with E-state index in [1.54, 1.807) is 6.07 Å². The molecule has 0 spiro atoms. The Bertz CT molecular complexity index is 502. The predicted molar refractivity (Wildman–Crippen MR) is 83.0 cm³/mol. The number of nitro groups is 1. The lowest BCUT2D eigenvalue weighted by Gasteiger charge is -2.27. The Hall–Kier alpha value is -1.73. The summed E-state index contributed by atoms with van der Waals surface area (Å²) in [5.74, 6) is 0.700. The Kier molecular flexibility index (Phi) is 4.84. The molecule has 22 heavy (non-hydrogen) atoms. The standard InChI is InChI=1S/C15H22N4O3/c20-19(21)13-4-5-15(16-9-13)17-12-6-7-18(10-12)11-14-3-1-2-8-22-14/h4-5,9,12,14H,1-3,6-8,10-11H2,(H,16,17)/t12-,14+/m0/s1. The van der Waals surface area contributed by atoms with Gasteiger partial charge in [-0.25, -0.2) is 4.98 Å². The minimum Gasteiger partial charge on any atom is -0.377 e. The molecule has 0 amide bonds. The van der Waals surface area contributed by atoms with E-state index >= 15 is 0 Å². The van der Waals surface area contributed by atoms with Crippen LogP contribution in [0.4, 0.5) is 11.5 Å². The molecule has 7 heteroatoms. The average Bonchev–Trinajstić information content (AvgIpc) is 2.96. The summed E-state index contributed by atoms with van der Waals surface area (Å²) in [7, 11) is 0. The topological polar surface area (TPSA) is 80.5 Å². The zero-order chi connectivity index (χ0) is 15.4. The van der Waals surface area contributed by atoms with Crippen molar-refractivity contribution in [2.24, 2.45) is 0 Å². The van der Waals surface area contributed by atoms with Crippen molar-refractivity contribution in [3.05, 3.63) is 28.4 Å². The summed E-state index contributed by atoms with van der Waals surface area (Å²) in [4.78, 5) is 16.7. The molecule has 2 saturated heterocycles. The van der Waals surface area contributed by atoms with Crippen LogP contribution in [0.5, 0.6) is 0 Å². The molecule has 3 rings (SSSR count). The summed E-state index contributed by atoms with van der Waals surface area (Å²) in [5, 5.41) is 14.0. The van der Waals surface area contributed by atoms with Crippen LogP contribution >= 0.6 is 0 Å². The highest BCUT2D eigenvalue weighted by Crippen LogP contribution is 2.19. The summed E-state index contributed by atoms with van der Waals surface area (Å²) in [5.41, 5.74) is 0.0213. The van der Waals surface area contributed by atoms with Crippen LogP contribution in [-0.4, -0.2) is 53.2 Å². The lowest BCUT2D eigenvalue weighted by atomic mass is 10.1. The smallest absolute Gasteiger partial charge is 0.287 e. The van der Waals surface area contributed by atoms with Gasteiger partial charge < -0.3 is 10.1 Å². The van der Waals surface area contributed by atoms with E-state index in [0.717, 1.165) is 32.7 Å². The van der Waals surface area contributed by atoms with Crippen LogP contribution in [0.1, 0.15) is 25.7 Å². The number of aromatic nitrogens is 1. The first-order valence-electron chi connectivity index (χ1n) is 7.91. The summed E-state index contributed by atoms with van der Waals surface area (Å²) in [6.07, 6.45) is 6.36. The third-order valence-electron chi connectivity index (χ3n) is 4.32. The van der Waals surface area contributed by atoms with Crippen molar-refractivity contribution >= 4 is 11.5 Å². The van der Waals surface area contributed by atoms with Crippen LogP contribution in [0.2, 0.25) is 0 Å². The molecule has 3 heterocycles. The van der Waals surface area contributed by atoms with Crippen molar-refractivity contribution in [1.82, 2.24) is 9.88 Å². The van der Waals surface area contributed by atoms with Gasteiger partial charge in [-0.15, -0.1) is 0 Å². The molecule has 0 saturated carbocycles. The minimum absolute atomic E-state index is 0.0213. The second-order valence-corrected chi connectivity index (χ2v) is 6.04. The van der Waals surface area contributed by atoms with Gasteiger partial charge in [0.15, 0.2) is 0 Å². The van der Waals surface area contributed by atoms with Crippen molar-refractivity contribution in [2.45, 2.75) is 37.8 Å². The Balaban J connectivity index is 1.47. The van der Waals surface area contributed by atoms with Crippen molar-refractivity contribution in [2.75, 3.05) is 31.6 Å². The van der Waals surface area contributed by atoms with Gasteiger partial charge in [0, 0.05) is 38.3 Å². The number of likely N-dealkylation sites (tertiary alicyclic amines) is 1. The normalized spacial score (nSPS) is 26.0. The summed E-state index contributed by atoms with van der Waals surface area (Å²) in [6.45, 7) is 3.93. The van der Waals surface area contributed by atoms with E-state index in [0.29, 0.717) is 18.0 Å². The van der Waals surface area contributed by atoms with Gasteiger partial charge in [0.2, 0.25) is 0 Å². The van der Waals surface area contributed by atoms with Crippen LogP contribution in [0, 0.1) is 10.1 Å². The summed E-state index contributed by atoms with van der Waals surface area (Å²) in [6, 6.07) is 3.50. The average molecular weight is 306 g/mol. The first-order valence-corrected chi connectivity index (χ1v) is 7.91. The molecule has 2 atom stereocenters. The van der Waals surface area contributed by atoms with Gasteiger partial charge in [-0.3, -0.25) is 15.0 Å². The molecular weight excluding hydrogens is 284 g/mol. The van der Waals surface area contributed by atoms with E-state index in [-0.39, 0.29) is 5.69 Å². The van der Waals surface area contributed by atoms with Gasteiger partial charge in [0.05, 0.1) is 11.0 Å². The van der Waals surface area contributed by atoms with Gasteiger partial charge in [0.25, 0.3) is 5.69 Å². The molecule has 1 aromatic rings. The number of pyridine rings is 1. The van der Waals surface area contributed by atoms with Crippen LogP contribution < -0.4 is 5.32 Å². The molecule has 2 aliphatic heterocycles. The number of nitrogens with zero attached hydrogens (tertiary/aromatic N) is 3. The number of ether oxygens (including phenoxy) is 1. The fourth-order valence-corrected chi connectivity index (χ4v) is 3.14. The maximum absolute atomic E-state index is 10.6. The van der Waals surface area contributed by atoms with Gasteiger partial charge in [0.1, 0.15) is 12.0 Å². The fraction of sp³-hybridized carbons (Fsp3) is 0.667. The first kappa shape index (κ1) is 15.2. The van der Waals surface area contributed by atoms with Crippen molar-refractivity contribution in [1.29, 1.82) is 0 Å². The third kappa shape index (κ3) is 3.92. The molecule has 1 aromatic heterocycles. The lowest BCUT2D eigenvalue weighted by Crippen LogP contribution is -2.35. The third-order valence-corrected chi connectivity index (χ3v) is 4.32. The quantitative estimate of drug-likeness (QED) is 0.662. The van der Waals surface area contributed by atoms with Crippen LogP contribution in [0.15, 0.2) is 18.3 Å². The highest BCUT2D eigenvalue weighted by atomic mass is 16.6.